The van der Waals surface area contributed by atoms with Crippen LogP contribution in [0.15, 0.2) is 18.2 Å². The number of ether oxygens (including phenoxy) is 1. The normalized spacial score (nSPS) is 12.5. The Bertz CT molecular complexity index is 309. The molecule has 1 aromatic rings. The third-order valence-electron chi connectivity index (χ3n) is 2.32. The first-order chi connectivity index (χ1) is 7.65. The minimum atomic E-state index is -0.698. The molecule has 0 aromatic heterocycles. The fraction of sp³-hybridized carbons (Fsp3) is 0.500. The maximum atomic E-state index is 13.1. The van der Waals surface area contributed by atoms with Crippen LogP contribution in [-0.2, 0) is 0 Å². The molecule has 0 saturated heterocycles. The fourth-order valence-electron chi connectivity index (χ4n) is 1.32. The molecule has 0 aliphatic carbocycles. The van der Waals surface area contributed by atoms with E-state index < -0.39 is 11.6 Å². The van der Waals surface area contributed by atoms with Crippen molar-refractivity contribution in [3.8, 4) is 5.75 Å². The highest BCUT2D eigenvalue weighted by atomic mass is 19.1. The van der Waals surface area contributed by atoms with Crippen LogP contribution in [0.2, 0.25) is 0 Å². The number of hydrogen-bond donors (Lipinski definition) is 1. The van der Waals surface area contributed by atoms with E-state index in [2.05, 4.69) is 0 Å². The summed E-state index contributed by atoms with van der Waals surface area (Å²) in [6, 6.07) is 3.59. The maximum absolute atomic E-state index is 13.1. The van der Waals surface area contributed by atoms with E-state index >= 15 is 0 Å². The molecule has 1 aromatic carbocycles. The number of para-hydroxylation sites is 1. The van der Waals surface area contributed by atoms with Crippen LogP contribution in [0.3, 0.4) is 0 Å². The van der Waals surface area contributed by atoms with Gasteiger partial charge in [-0.1, -0.05) is 13.0 Å². The van der Waals surface area contributed by atoms with E-state index in [1.165, 1.54) is 6.07 Å². The van der Waals surface area contributed by atoms with E-state index in [0.29, 0.717) is 19.3 Å². The van der Waals surface area contributed by atoms with Gasteiger partial charge in [-0.3, -0.25) is 0 Å². The SMILES string of the molecule is CCC(O)CCCOc1c(F)cccc1F. The van der Waals surface area contributed by atoms with Crippen LogP contribution in [-0.4, -0.2) is 17.8 Å². The van der Waals surface area contributed by atoms with Crippen molar-refractivity contribution in [2.24, 2.45) is 0 Å². The summed E-state index contributed by atoms with van der Waals surface area (Å²) in [5, 5.41) is 9.26. The molecule has 0 heterocycles. The molecule has 2 nitrogen and oxygen atoms in total. The Morgan fingerprint density at radius 3 is 2.50 bits per heavy atom. The van der Waals surface area contributed by atoms with Crippen molar-refractivity contribution >= 4 is 0 Å². The average molecular weight is 230 g/mol. The van der Waals surface area contributed by atoms with E-state index in [4.69, 9.17) is 4.74 Å². The Hall–Kier alpha value is -1.16. The summed E-state index contributed by atoms with van der Waals surface area (Å²) in [6.07, 6.45) is 1.46. The first-order valence-corrected chi connectivity index (χ1v) is 5.40. The lowest BCUT2D eigenvalue weighted by atomic mass is 10.1. The zero-order valence-electron chi connectivity index (χ0n) is 9.25. The van der Waals surface area contributed by atoms with Gasteiger partial charge in [0.1, 0.15) is 0 Å². The number of hydrogen-bond acceptors (Lipinski definition) is 2. The van der Waals surface area contributed by atoms with Gasteiger partial charge in [-0.05, 0) is 31.4 Å². The van der Waals surface area contributed by atoms with Gasteiger partial charge in [0.25, 0.3) is 0 Å². The van der Waals surface area contributed by atoms with Gasteiger partial charge >= 0.3 is 0 Å². The second-order valence-electron chi connectivity index (χ2n) is 3.60. The van der Waals surface area contributed by atoms with Crippen molar-refractivity contribution in [3.63, 3.8) is 0 Å². The molecule has 90 valence electrons. The number of halogens is 2. The summed E-state index contributed by atoms with van der Waals surface area (Å²) in [7, 11) is 0. The standard InChI is InChI=1S/C12H16F2O2/c1-2-9(15)5-4-8-16-12-10(13)6-3-7-11(12)14/h3,6-7,9,15H,2,4-5,8H2,1H3. The summed E-state index contributed by atoms with van der Waals surface area (Å²) < 4.78 is 31.2. The van der Waals surface area contributed by atoms with Crippen molar-refractivity contribution in [2.75, 3.05) is 6.61 Å². The van der Waals surface area contributed by atoms with Gasteiger partial charge < -0.3 is 9.84 Å². The third kappa shape index (κ3) is 3.77. The molecule has 1 unspecified atom stereocenters. The average Bonchev–Trinajstić information content (AvgIpc) is 2.27. The van der Waals surface area contributed by atoms with Crippen molar-refractivity contribution in [2.45, 2.75) is 32.3 Å². The number of benzene rings is 1. The smallest absolute Gasteiger partial charge is 0.190 e. The van der Waals surface area contributed by atoms with Gasteiger partial charge in [-0.25, -0.2) is 8.78 Å². The topological polar surface area (TPSA) is 29.5 Å². The summed E-state index contributed by atoms with van der Waals surface area (Å²) in [4.78, 5) is 0. The molecule has 1 N–H and O–H groups in total. The fourth-order valence-corrected chi connectivity index (χ4v) is 1.32. The van der Waals surface area contributed by atoms with Gasteiger partial charge in [-0.15, -0.1) is 0 Å². The Balaban J connectivity index is 2.37. The summed E-state index contributed by atoms with van der Waals surface area (Å²) in [5.74, 6) is -1.74. The molecular weight excluding hydrogens is 214 g/mol. The molecule has 0 bridgehead atoms. The lowest BCUT2D eigenvalue weighted by molar-refractivity contribution is 0.147. The molecule has 1 rings (SSSR count). The first-order valence-electron chi connectivity index (χ1n) is 5.40. The quantitative estimate of drug-likeness (QED) is 0.761. The van der Waals surface area contributed by atoms with Gasteiger partial charge in [-0.2, -0.15) is 0 Å². The predicted molar refractivity (Wildman–Crippen MR) is 57.4 cm³/mol. The van der Waals surface area contributed by atoms with Crippen molar-refractivity contribution < 1.29 is 18.6 Å². The summed E-state index contributed by atoms with van der Waals surface area (Å²) in [5.41, 5.74) is 0. The molecule has 0 fully saturated rings. The number of aliphatic hydroxyl groups excluding tert-OH is 1. The highest BCUT2D eigenvalue weighted by molar-refractivity contribution is 5.25. The molecule has 0 aliphatic rings. The van der Waals surface area contributed by atoms with Crippen molar-refractivity contribution in [1.29, 1.82) is 0 Å². The van der Waals surface area contributed by atoms with Crippen LogP contribution >= 0.6 is 0 Å². The van der Waals surface area contributed by atoms with Gasteiger partial charge in [0.2, 0.25) is 0 Å². The van der Waals surface area contributed by atoms with Crippen LogP contribution in [0.1, 0.15) is 26.2 Å². The van der Waals surface area contributed by atoms with Gasteiger partial charge in [0.05, 0.1) is 12.7 Å². The van der Waals surface area contributed by atoms with E-state index in [9.17, 15) is 13.9 Å². The molecule has 0 saturated carbocycles. The van der Waals surface area contributed by atoms with E-state index in [1.807, 2.05) is 6.92 Å². The van der Waals surface area contributed by atoms with Crippen LogP contribution < -0.4 is 4.74 Å². The monoisotopic (exact) mass is 230 g/mol. The molecule has 0 amide bonds. The predicted octanol–water partition coefficient (Wildman–Crippen LogP) is 2.89. The number of rotatable bonds is 6. The molecule has 1 atom stereocenters. The largest absolute Gasteiger partial charge is 0.488 e. The van der Waals surface area contributed by atoms with Crippen molar-refractivity contribution in [3.05, 3.63) is 29.8 Å². The zero-order chi connectivity index (χ0) is 12.0. The minimum absolute atomic E-state index is 0.203. The number of aliphatic hydroxyl groups is 1. The van der Waals surface area contributed by atoms with Gasteiger partial charge in [0.15, 0.2) is 17.4 Å². The molecule has 0 aliphatic heterocycles. The summed E-state index contributed by atoms with van der Waals surface area (Å²) >= 11 is 0. The zero-order valence-corrected chi connectivity index (χ0v) is 9.25. The molecule has 4 heteroatoms. The highest BCUT2D eigenvalue weighted by Gasteiger charge is 2.09. The maximum Gasteiger partial charge on any atom is 0.190 e. The minimum Gasteiger partial charge on any atom is -0.488 e. The van der Waals surface area contributed by atoms with Crippen LogP contribution in [0, 0.1) is 11.6 Å². The Labute approximate surface area is 93.9 Å². The van der Waals surface area contributed by atoms with E-state index in [1.54, 1.807) is 0 Å². The molecule has 0 spiro atoms. The van der Waals surface area contributed by atoms with Crippen LogP contribution in [0.25, 0.3) is 0 Å². The third-order valence-corrected chi connectivity index (χ3v) is 2.32. The first kappa shape index (κ1) is 12.9. The van der Waals surface area contributed by atoms with Crippen molar-refractivity contribution in [1.82, 2.24) is 0 Å². The second-order valence-corrected chi connectivity index (χ2v) is 3.60. The lowest BCUT2D eigenvalue weighted by Crippen LogP contribution is -2.08. The lowest BCUT2D eigenvalue weighted by Gasteiger charge is -2.09. The Morgan fingerprint density at radius 2 is 1.94 bits per heavy atom. The molecule has 0 radical (unpaired) electrons. The molecular formula is C12H16F2O2. The van der Waals surface area contributed by atoms with Gasteiger partial charge in [0, 0.05) is 0 Å². The van der Waals surface area contributed by atoms with Crippen LogP contribution in [0.4, 0.5) is 8.78 Å². The second kappa shape index (κ2) is 6.43. The van der Waals surface area contributed by atoms with E-state index in [-0.39, 0.29) is 18.5 Å². The summed E-state index contributed by atoms with van der Waals surface area (Å²) in [6.45, 7) is 2.08. The molecule has 16 heavy (non-hydrogen) atoms. The van der Waals surface area contributed by atoms with Crippen LogP contribution in [0.5, 0.6) is 5.75 Å². The van der Waals surface area contributed by atoms with E-state index in [0.717, 1.165) is 12.1 Å². The highest BCUT2D eigenvalue weighted by Crippen LogP contribution is 2.21. The Kier molecular flexibility index (Phi) is 5.19. The Morgan fingerprint density at radius 1 is 1.31 bits per heavy atom.